The highest BCUT2D eigenvalue weighted by atomic mass is 16.2. The Balaban J connectivity index is 2.31. The zero-order chi connectivity index (χ0) is 12.0. The van der Waals surface area contributed by atoms with E-state index < -0.39 is 0 Å². The van der Waals surface area contributed by atoms with Crippen LogP contribution >= 0.6 is 0 Å². The van der Waals surface area contributed by atoms with Crippen molar-refractivity contribution in [2.24, 2.45) is 0 Å². The van der Waals surface area contributed by atoms with Crippen LogP contribution in [0.3, 0.4) is 0 Å². The van der Waals surface area contributed by atoms with E-state index in [9.17, 15) is 4.79 Å². The fraction of sp³-hybridized carbons (Fsp3) is 0.500. The maximum atomic E-state index is 11.3. The second-order valence-electron chi connectivity index (χ2n) is 3.97. The lowest BCUT2D eigenvalue weighted by atomic mass is 10.2. The first kappa shape index (κ1) is 12.6. The minimum atomic E-state index is 0.140. The molecule has 0 spiro atoms. The van der Waals surface area contributed by atoms with Crippen LogP contribution in [0.2, 0.25) is 0 Å². The van der Waals surface area contributed by atoms with E-state index in [1.165, 1.54) is 0 Å². The molecule has 0 fully saturated rings. The maximum Gasteiger partial charge on any atom is 0.223 e. The summed E-state index contributed by atoms with van der Waals surface area (Å²) < 4.78 is 0. The van der Waals surface area contributed by atoms with Crippen LogP contribution in [0.1, 0.15) is 25.1 Å². The van der Waals surface area contributed by atoms with Gasteiger partial charge in [0.2, 0.25) is 5.91 Å². The van der Waals surface area contributed by atoms with Crippen molar-refractivity contribution in [2.75, 3.05) is 20.6 Å². The van der Waals surface area contributed by atoms with E-state index >= 15 is 0 Å². The number of carbonyl (C=O) groups excluding carboxylic acids is 1. The van der Waals surface area contributed by atoms with Crippen molar-refractivity contribution < 1.29 is 4.79 Å². The molecule has 0 saturated heterocycles. The summed E-state index contributed by atoms with van der Waals surface area (Å²) in [6, 6.07) is 6.01. The van der Waals surface area contributed by atoms with E-state index in [-0.39, 0.29) is 11.9 Å². The van der Waals surface area contributed by atoms with Crippen molar-refractivity contribution in [2.45, 2.75) is 19.4 Å². The van der Waals surface area contributed by atoms with E-state index in [1.807, 2.05) is 25.1 Å². The Bertz CT molecular complexity index is 324. The zero-order valence-corrected chi connectivity index (χ0v) is 10.1. The summed E-state index contributed by atoms with van der Waals surface area (Å²) in [7, 11) is 3.54. The third-order valence-corrected chi connectivity index (χ3v) is 2.42. The molecule has 1 aromatic heterocycles. The van der Waals surface area contributed by atoms with Crippen molar-refractivity contribution >= 4 is 5.91 Å². The van der Waals surface area contributed by atoms with Crippen molar-refractivity contribution in [1.29, 1.82) is 0 Å². The van der Waals surface area contributed by atoms with E-state index in [0.717, 1.165) is 5.69 Å². The molecule has 0 aliphatic rings. The number of nitrogens with one attached hydrogen (secondary N) is 1. The molecule has 0 unspecified atom stereocenters. The van der Waals surface area contributed by atoms with Crippen LogP contribution in [0.4, 0.5) is 0 Å². The largest absolute Gasteiger partial charge is 0.349 e. The Morgan fingerprint density at radius 3 is 2.81 bits per heavy atom. The van der Waals surface area contributed by atoms with Gasteiger partial charge in [0.1, 0.15) is 0 Å². The molecule has 88 valence electrons. The topological polar surface area (TPSA) is 45.2 Å². The summed E-state index contributed by atoms with van der Waals surface area (Å²) in [6.45, 7) is 2.72. The van der Waals surface area contributed by atoms with Crippen LogP contribution in [-0.2, 0) is 4.79 Å². The highest BCUT2D eigenvalue weighted by Crippen LogP contribution is 2.07. The summed E-state index contributed by atoms with van der Waals surface area (Å²) in [4.78, 5) is 17.2. The van der Waals surface area contributed by atoms with Crippen molar-refractivity contribution in [3.05, 3.63) is 30.1 Å². The van der Waals surface area contributed by atoms with Crippen LogP contribution in [-0.4, -0.2) is 36.4 Å². The molecule has 4 nitrogen and oxygen atoms in total. The Morgan fingerprint density at radius 2 is 2.25 bits per heavy atom. The van der Waals surface area contributed by atoms with Gasteiger partial charge in [-0.15, -0.1) is 0 Å². The highest BCUT2D eigenvalue weighted by molar-refractivity contribution is 5.75. The number of aromatic nitrogens is 1. The van der Waals surface area contributed by atoms with Crippen molar-refractivity contribution in [3.63, 3.8) is 0 Å². The van der Waals surface area contributed by atoms with Gasteiger partial charge >= 0.3 is 0 Å². The van der Waals surface area contributed by atoms with E-state index in [2.05, 4.69) is 10.3 Å². The molecule has 4 heteroatoms. The number of amides is 1. The molecule has 0 radical (unpaired) electrons. The average molecular weight is 221 g/mol. The fourth-order valence-corrected chi connectivity index (χ4v) is 1.36. The molecular weight excluding hydrogens is 202 g/mol. The van der Waals surface area contributed by atoms with Crippen LogP contribution in [0.25, 0.3) is 0 Å². The van der Waals surface area contributed by atoms with E-state index in [1.54, 1.807) is 25.2 Å². The first-order valence-electron chi connectivity index (χ1n) is 5.45. The molecule has 0 saturated carbocycles. The monoisotopic (exact) mass is 221 g/mol. The number of nitrogens with zero attached hydrogens (tertiary/aromatic N) is 2. The quantitative estimate of drug-likeness (QED) is 0.813. The van der Waals surface area contributed by atoms with Crippen LogP contribution in [0.5, 0.6) is 0 Å². The molecule has 0 bridgehead atoms. The summed E-state index contributed by atoms with van der Waals surface area (Å²) in [5.41, 5.74) is 1.000. The summed E-state index contributed by atoms with van der Waals surface area (Å²) in [6.07, 6.45) is 2.29. The highest BCUT2D eigenvalue weighted by Gasteiger charge is 2.07. The van der Waals surface area contributed by atoms with Gasteiger partial charge in [-0.2, -0.15) is 0 Å². The van der Waals surface area contributed by atoms with E-state index in [4.69, 9.17) is 0 Å². The summed E-state index contributed by atoms with van der Waals surface area (Å²) in [5.74, 6) is 0.140. The Hall–Kier alpha value is -1.42. The number of hydrogen-bond donors (Lipinski definition) is 1. The second kappa shape index (κ2) is 6.23. The number of carbonyl (C=O) groups is 1. The SMILES string of the molecule is C[C@H](NCCC(=O)N(C)C)c1ccccn1. The van der Waals surface area contributed by atoms with Gasteiger partial charge in [0, 0.05) is 39.3 Å². The molecule has 0 aliphatic heterocycles. The molecule has 16 heavy (non-hydrogen) atoms. The summed E-state index contributed by atoms with van der Waals surface area (Å²) in [5, 5.41) is 3.27. The molecule has 0 aromatic carbocycles. The first-order chi connectivity index (χ1) is 7.61. The number of rotatable bonds is 5. The minimum Gasteiger partial charge on any atom is -0.349 e. The standard InChI is InChI=1S/C12H19N3O/c1-10(11-6-4-5-8-14-11)13-9-7-12(16)15(2)3/h4-6,8,10,13H,7,9H2,1-3H3/t10-/m0/s1. The molecule has 1 atom stereocenters. The van der Waals surface area contributed by atoms with Gasteiger partial charge in [0.05, 0.1) is 5.69 Å². The molecule has 1 rings (SSSR count). The molecular formula is C12H19N3O. The van der Waals surface area contributed by atoms with Gasteiger partial charge in [-0.25, -0.2) is 0 Å². The summed E-state index contributed by atoms with van der Waals surface area (Å²) >= 11 is 0. The predicted molar refractivity (Wildman–Crippen MR) is 64.0 cm³/mol. The number of pyridine rings is 1. The van der Waals surface area contributed by atoms with Crippen molar-refractivity contribution in [3.8, 4) is 0 Å². The maximum absolute atomic E-state index is 11.3. The normalized spacial score (nSPS) is 12.2. The Labute approximate surface area is 96.7 Å². The predicted octanol–water partition coefficient (Wildman–Crippen LogP) is 1.21. The second-order valence-corrected chi connectivity index (χ2v) is 3.97. The van der Waals surface area contributed by atoms with Gasteiger partial charge in [0.15, 0.2) is 0 Å². The van der Waals surface area contributed by atoms with Crippen LogP contribution in [0.15, 0.2) is 24.4 Å². The lowest BCUT2D eigenvalue weighted by molar-refractivity contribution is -0.128. The lowest BCUT2D eigenvalue weighted by Gasteiger charge is -2.14. The van der Waals surface area contributed by atoms with Gasteiger partial charge in [-0.1, -0.05) is 6.07 Å². The Morgan fingerprint density at radius 1 is 1.50 bits per heavy atom. The molecule has 1 N–H and O–H groups in total. The molecule has 1 amide bonds. The molecule has 1 aromatic rings. The number of hydrogen-bond acceptors (Lipinski definition) is 3. The third-order valence-electron chi connectivity index (χ3n) is 2.42. The van der Waals surface area contributed by atoms with Gasteiger partial charge < -0.3 is 10.2 Å². The molecule has 0 aliphatic carbocycles. The van der Waals surface area contributed by atoms with Gasteiger partial charge in [0.25, 0.3) is 0 Å². The zero-order valence-electron chi connectivity index (χ0n) is 10.1. The first-order valence-corrected chi connectivity index (χ1v) is 5.45. The van der Waals surface area contributed by atoms with Gasteiger partial charge in [-0.05, 0) is 19.1 Å². The molecule has 1 heterocycles. The van der Waals surface area contributed by atoms with Crippen LogP contribution < -0.4 is 5.32 Å². The minimum absolute atomic E-state index is 0.140. The van der Waals surface area contributed by atoms with Crippen LogP contribution in [0, 0.1) is 0 Å². The third kappa shape index (κ3) is 3.98. The average Bonchev–Trinajstić information content (AvgIpc) is 2.29. The van der Waals surface area contributed by atoms with E-state index in [0.29, 0.717) is 13.0 Å². The van der Waals surface area contributed by atoms with Crippen molar-refractivity contribution in [1.82, 2.24) is 15.2 Å². The van der Waals surface area contributed by atoms with Gasteiger partial charge in [-0.3, -0.25) is 9.78 Å². The lowest BCUT2D eigenvalue weighted by Crippen LogP contribution is -2.28. The fourth-order valence-electron chi connectivity index (χ4n) is 1.36. The smallest absolute Gasteiger partial charge is 0.223 e. The Kier molecular flexibility index (Phi) is 4.92.